The number of hydrogen-bond acceptors (Lipinski definition) is 5. The fourth-order valence-electron chi connectivity index (χ4n) is 2.38. The van der Waals surface area contributed by atoms with Crippen LogP contribution in [0.25, 0.3) is 11.1 Å². The van der Waals surface area contributed by atoms with Gasteiger partial charge in [0.15, 0.2) is 0 Å². The zero-order valence-corrected chi connectivity index (χ0v) is 13.5. The van der Waals surface area contributed by atoms with E-state index in [0.717, 1.165) is 16.8 Å². The lowest BCUT2D eigenvalue weighted by molar-refractivity contribution is 0.297. The highest BCUT2D eigenvalue weighted by molar-refractivity contribution is 6.32. The molecule has 6 heteroatoms. The van der Waals surface area contributed by atoms with E-state index >= 15 is 0 Å². The number of aliphatic imine (C=N–C) groups is 1. The molecule has 3 rings (SSSR count). The number of hydroxylamine groups is 1. The van der Waals surface area contributed by atoms with Gasteiger partial charge in [-0.1, -0.05) is 23.7 Å². The summed E-state index contributed by atoms with van der Waals surface area (Å²) >= 11 is 6.07. The van der Waals surface area contributed by atoms with Crippen LogP contribution in [-0.2, 0) is 4.84 Å². The van der Waals surface area contributed by atoms with E-state index in [0.29, 0.717) is 28.9 Å². The Morgan fingerprint density at radius 3 is 2.83 bits per heavy atom. The fraction of sp³-hybridized carbons (Fsp3) is 0.176. The molecule has 2 aromatic carbocycles. The molecule has 0 saturated heterocycles. The summed E-state index contributed by atoms with van der Waals surface area (Å²) in [6, 6.07) is 13.2. The van der Waals surface area contributed by atoms with Gasteiger partial charge in [-0.2, -0.15) is 10.3 Å². The van der Waals surface area contributed by atoms with Gasteiger partial charge in [0.1, 0.15) is 18.5 Å². The first-order chi connectivity index (χ1) is 11.1. The first-order valence-electron chi connectivity index (χ1n) is 6.97. The molecule has 0 fully saturated rings. The van der Waals surface area contributed by atoms with E-state index in [2.05, 4.69) is 11.1 Å². The molecule has 0 unspecified atom stereocenters. The molecule has 0 saturated carbocycles. The molecule has 2 aromatic rings. The number of benzene rings is 2. The third-order valence-electron chi connectivity index (χ3n) is 3.52. The minimum atomic E-state index is 0.371. The largest absolute Gasteiger partial charge is 0.496 e. The Morgan fingerprint density at radius 2 is 2.17 bits per heavy atom. The highest BCUT2D eigenvalue weighted by Gasteiger charge is 2.17. The Hall–Kier alpha value is -2.71. The summed E-state index contributed by atoms with van der Waals surface area (Å²) < 4.78 is 5.40. The molecule has 0 spiro atoms. The predicted octanol–water partition coefficient (Wildman–Crippen LogP) is 4.01. The molecule has 0 aromatic heterocycles. The smallest absolute Gasteiger partial charge is 0.216 e. The third-order valence-corrected chi connectivity index (χ3v) is 3.83. The molecule has 0 aliphatic carbocycles. The number of methoxy groups -OCH3 is 1. The van der Waals surface area contributed by atoms with Crippen LogP contribution in [0.15, 0.2) is 41.4 Å². The lowest BCUT2D eigenvalue weighted by Gasteiger charge is -2.17. The Morgan fingerprint density at radius 1 is 1.35 bits per heavy atom. The lowest BCUT2D eigenvalue weighted by Crippen LogP contribution is -2.18. The maximum atomic E-state index is 9.19. The lowest BCUT2D eigenvalue weighted by atomic mass is 10.0. The molecule has 116 valence electrons. The SMILES string of the molecule is COc1cc(Cl)c(C#N)cc1-c1cccc(N2CN=C(C)O2)c1. The number of ether oxygens (including phenoxy) is 1. The molecule has 1 aliphatic heterocycles. The van der Waals surface area contributed by atoms with Crippen molar-refractivity contribution in [1.82, 2.24) is 0 Å². The van der Waals surface area contributed by atoms with Gasteiger partial charge in [-0.05, 0) is 23.8 Å². The van der Waals surface area contributed by atoms with E-state index < -0.39 is 0 Å². The molecule has 23 heavy (non-hydrogen) atoms. The van der Waals surface area contributed by atoms with E-state index in [1.165, 1.54) is 0 Å². The van der Waals surface area contributed by atoms with Crippen molar-refractivity contribution in [2.24, 2.45) is 4.99 Å². The zero-order valence-electron chi connectivity index (χ0n) is 12.7. The van der Waals surface area contributed by atoms with Crippen LogP contribution in [0.2, 0.25) is 5.02 Å². The number of hydrogen-bond donors (Lipinski definition) is 0. The molecule has 0 amide bonds. The molecule has 0 atom stereocenters. The summed E-state index contributed by atoms with van der Waals surface area (Å²) in [4.78, 5) is 9.74. The zero-order chi connectivity index (χ0) is 16.4. The minimum absolute atomic E-state index is 0.371. The maximum Gasteiger partial charge on any atom is 0.216 e. The predicted molar refractivity (Wildman–Crippen MR) is 89.7 cm³/mol. The van der Waals surface area contributed by atoms with E-state index in [-0.39, 0.29) is 0 Å². The molecule has 1 heterocycles. The van der Waals surface area contributed by atoms with Crippen molar-refractivity contribution in [3.05, 3.63) is 47.0 Å². The molecule has 0 N–H and O–H groups in total. The van der Waals surface area contributed by atoms with E-state index in [1.807, 2.05) is 31.2 Å². The van der Waals surface area contributed by atoms with Gasteiger partial charge in [-0.3, -0.25) is 0 Å². The monoisotopic (exact) mass is 327 g/mol. The van der Waals surface area contributed by atoms with Gasteiger partial charge in [-0.25, -0.2) is 4.99 Å². The molecule has 0 bridgehead atoms. The number of nitrogens with zero attached hydrogens (tertiary/aromatic N) is 3. The molecular weight excluding hydrogens is 314 g/mol. The van der Waals surface area contributed by atoms with Crippen LogP contribution in [0, 0.1) is 11.3 Å². The number of anilines is 1. The van der Waals surface area contributed by atoms with Gasteiger partial charge in [0.05, 0.1) is 23.4 Å². The van der Waals surface area contributed by atoms with Gasteiger partial charge in [0.2, 0.25) is 5.90 Å². The summed E-state index contributed by atoms with van der Waals surface area (Å²) in [6.07, 6.45) is 0. The van der Waals surface area contributed by atoms with E-state index in [4.69, 9.17) is 21.2 Å². The number of nitriles is 1. The Bertz CT molecular complexity index is 827. The first-order valence-corrected chi connectivity index (χ1v) is 7.35. The van der Waals surface area contributed by atoms with E-state index in [9.17, 15) is 5.26 Å². The van der Waals surface area contributed by atoms with Crippen LogP contribution < -0.4 is 9.80 Å². The van der Waals surface area contributed by atoms with Gasteiger partial charge in [0, 0.05) is 18.6 Å². The van der Waals surface area contributed by atoms with Crippen molar-refractivity contribution < 1.29 is 9.57 Å². The number of rotatable bonds is 3. The van der Waals surface area contributed by atoms with Crippen molar-refractivity contribution in [3.63, 3.8) is 0 Å². The summed E-state index contributed by atoms with van der Waals surface area (Å²) in [7, 11) is 1.58. The summed E-state index contributed by atoms with van der Waals surface area (Å²) in [5.74, 6) is 1.24. The van der Waals surface area contributed by atoms with Crippen LogP contribution in [-0.4, -0.2) is 19.7 Å². The van der Waals surface area contributed by atoms with Crippen LogP contribution >= 0.6 is 11.6 Å². The quantitative estimate of drug-likeness (QED) is 0.854. The van der Waals surface area contributed by atoms with Crippen molar-refractivity contribution in [3.8, 4) is 22.9 Å². The minimum Gasteiger partial charge on any atom is -0.496 e. The maximum absolute atomic E-state index is 9.19. The van der Waals surface area contributed by atoms with Gasteiger partial charge >= 0.3 is 0 Å². The van der Waals surface area contributed by atoms with Crippen LogP contribution in [0.1, 0.15) is 12.5 Å². The van der Waals surface area contributed by atoms with Crippen molar-refractivity contribution in [2.45, 2.75) is 6.92 Å². The Balaban J connectivity index is 2.04. The van der Waals surface area contributed by atoms with E-state index in [1.54, 1.807) is 24.3 Å². The summed E-state index contributed by atoms with van der Waals surface area (Å²) in [6.45, 7) is 2.27. The van der Waals surface area contributed by atoms with Crippen molar-refractivity contribution >= 4 is 23.2 Å². The molecule has 5 nitrogen and oxygen atoms in total. The normalized spacial score (nSPS) is 13.3. The second-order valence-corrected chi connectivity index (χ2v) is 5.39. The summed E-state index contributed by atoms with van der Waals surface area (Å²) in [5, 5.41) is 11.3. The molecule has 0 radical (unpaired) electrons. The molecular formula is C17H14ClN3O2. The third kappa shape index (κ3) is 2.94. The number of halogens is 1. The van der Waals surface area contributed by atoms with Gasteiger partial charge < -0.3 is 9.57 Å². The fourth-order valence-corrected chi connectivity index (χ4v) is 2.58. The average Bonchev–Trinajstić information content (AvgIpc) is 3.01. The Labute approximate surface area is 139 Å². The Kier molecular flexibility index (Phi) is 4.09. The van der Waals surface area contributed by atoms with Crippen LogP contribution in [0.4, 0.5) is 5.69 Å². The second-order valence-electron chi connectivity index (χ2n) is 4.98. The van der Waals surface area contributed by atoms with Crippen molar-refractivity contribution in [1.29, 1.82) is 5.26 Å². The standard InChI is InChI=1S/C17H14ClN3O2/c1-11-20-10-21(23-11)14-5-3-4-12(6-14)15-7-13(9-19)16(18)8-17(15)22-2/h3-8H,10H2,1-2H3. The second kappa shape index (κ2) is 6.19. The summed E-state index contributed by atoms with van der Waals surface area (Å²) in [5.41, 5.74) is 2.98. The van der Waals surface area contributed by atoms with Gasteiger partial charge in [0.25, 0.3) is 0 Å². The topological polar surface area (TPSA) is 57.8 Å². The average molecular weight is 328 g/mol. The van der Waals surface area contributed by atoms with Crippen LogP contribution in [0.3, 0.4) is 0 Å². The molecule has 1 aliphatic rings. The van der Waals surface area contributed by atoms with Crippen molar-refractivity contribution in [2.75, 3.05) is 18.8 Å². The van der Waals surface area contributed by atoms with Gasteiger partial charge in [-0.15, -0.1) is 0 Å². The van der Waals surface area contributed by atoms with Crippen LogP contribution in [0.5, 0.6) is 5.75 Å². The first kappa shape index (κ1) is 15.2. The highest BCUT2D eigenvalue weighted by Crippen LogP contribution is 2.36. The highest BCUT2D eigenvalue weighted by atomic mass is 35.5.